The van der Waals surface area contributed by atoms with Gasteiger partial charge in [0.2, 0.25) is 0 Å². The number of hydrogen-bond acceptors (Lipinski definition) is 4. The number of hydrogen-bond donors (Lipinski definition) is 1. The van der Waals surface area contributed by atoms with Crippen molar-refractivity contribution < 1.29 is 14.6 Å². The summed E-state index contributed by atoms with van der Waals surface area (Å²) in [6.07, 6.45) is -0.186. The number of nitrogens with zero attached hydrogens (tertiary/aromatic N) is 3. The van der Waals surface area contributed by atoms with Gasteiger partial charge in [-0.05, 0) is 12.1 Å². The van der Waals surface area contributed by atoms with Crippen molar-refractivity contribution in [1.82, 2.24) is 15.0 Å². The number of aliphatic carboxylic acids is 1. The summed E-state index contributed by atoms with van der Waals surface area (Å²) in [5.74, 6) is -0.253. The molecule has 0 saturated carbocycles. The maximum atomic E-state index is 11.1. The Hall–Kier alpha value is -3.15. The zero-order valence-electron chi connectivity index (χ0n) is 12.5. The molecule has 0 saturated heterocycles. The van der Waals surface area contributed by atoms with E-state index in [2.05, 4.69) is 10.3 Å². The van der Waals surface area contributed by atoms with E-state index in [-0.39, 0.29) is 6.42 Å². The molecule has 0 amide bonds. The van der Waals surface area contributed by atoms with Gasteiger partial charge in [-0.2, -0.15) is 0 Å². The van der Waals surface area contributed by atoms with Gasteiger partial charge >= 0.3 is 5.97 Å². The fourth-order valence-corrected chi connectivity index (χ4v) is 2.38. The van der Waals surface area contributed by atoms with Crippen LogP contribution in [-0.2, 0) is 11.2 Å². The highest BCUT2D eigenvalue weighted by molar-refractivity contribution is 5.74. The van der Waals surface area contributed by atoms with Gasteiger partial charge in [0.15, 0.2) is 0 Å². The number of carboxylic acid groups (broad SMARTS) is 1. The summed E-state index contributed by atoms with van der Waals surface area (Å²) in [5, 5.41) is 17.3. The topological polar surface area (TPSA) is 77.2 Å². The van der Waals surface area contributed by atoms with E-state index in [4.69, 9.17) is 9.84 Å². The van der Waals surface area contributed by atoms with Crippen molar-refractivity contribution in [3.8, 4) is 22.7 Å². The van der Waals surface area contributed by atoms with E-state index >= 15 is 0 Å². The molecule has 0 atom stereocenters. The van der Waals surface area contributed by atoms with Crippen molar-refractivity contribution in [3.05, 3.63) is 60.3 Å². The first kappa shape index (κ1) is 14.8. The van der Waals surface area contributed by atoms with Crippen LogP contribution in [0.5, 0.6) is 5.75 Å². The molecule has 0 unspecified atom stereocenters. The minimum atomic E-state index is -0.945. The third-order valence-electron chi connectivity index (χ3n) is 3.40. The first-order chi connectivity index (χ1) is 11.2. The van der Waals surface area contributed by atoms with Crippen LogP contribution in [-0.4, -0.2) is 33.2 Å². The van der Waals surface area contributed by atoms with Gasteiger partial charge in [0, 0.05) is 11.6 Å². The lowest BCUT2D eigenvalue weighted by Crippen LogP contribution is -2.04. The normalized spacial score (nSPS) is 10.5. The molecule has 0 aliphatic rings. The van der Waals surface area contributed by atoms with Gasteiger partial charge in [-0.25, -0.2) is 4.68 Å². The van der Waals surface area contributed by atoms with Crippen molar-refractivity contribution in [2.75, 3.05) is 7.11 Å². The minimum absolute atomic E-state index is 0.186. The maximum absolute atomic E-state index is 11.1. The molecule has 116 valence electrons. The second kappa shape index (κ2) is 6.31. The molecule has 6 nitrogen and oxygen atoms in total. The van der Waals surface area contributed by atoms with Crippen molar-refractivity contribution in [3.63, 3.8) is 0 Å². The number of ether oxygens (including phenoxy) is 1. The minimum Gasteiger partial charge on any atom is -0.497 e. The number of carboxylic acids is 1. The zero-order chi connectivity index (χ0) is 16.2. The third-order valence-corrected chi connectivity index (χ3v) is 3.40. The molecule has 1 heterocycles. The summed E-state index contributed by atoms with van der Waals surface area (Å²) in [6, 6.07) is 16.9. The Balaban J connectivity index is 2.17. The lowest BCUT2D eigenvalue weighted by atomic mass is 10.1. The van der Waals surface area contributed by atoms with Crippen LogP contribution in [0, 0.1) is 0 Å². The SMILES string of the molecule is COc1cccc(-n2nnc(CC(=O)O)c2-c2ccccc2)c1. The predicted molar refractivity (Wildman–Crippen MR) is 84.7 cm³/mol. The molecule has 1 N–H and O–H groups in total. The third kappa shape index (κ3) is 3.06. The molecule has 3 aromatic rings. The number of rotatable bonds is 5. The van der Waals surface area contributed by atoms with E-state index in [1.54, 1.807) is 11.8 Å². The van der Waals surface area contributed by atoms with Crippen molar-refractivity contribution >= 4 is 5.97 Å². The largest absolute Gasteiger partial charge is 0.497 e. The first-order valence-electron chi connectivity index (χ1n) is 7.05. The highest BCUT2D eigenvalue weighted by atomic mass is 16.5. The van der Waals surface area contributed by atoms with Gasteiger partial charge in [-0.15, -0.1) is 5.10 Å². The summed E-state index contributed by atoms with van der Waals surface area (Å²) < 4.78 is 6.87. The van der Waals surface area contributed by atoms with Crippen molar-refractivity contribution in [2.24, 2.45) is 0 Å². The van der Waals surface area contributed by atoms with Gasteiger partial charge in [0.25, 0.3) is 0 Å². The lowest BCUT2D eigenvalue weighted by Gasteiger charge is -2.09. The Morgan fingerprint density at radius 1 is 1.17 bits per heavy atom. The number of carbonyl (C=O) groups is 1. The average Bonchev–Trinajstić information content (AvgIpc) is 2.98. The van der Waals surface area contributed by atoms with Gasteiger partial charge in [0.05, 0.1) is 24.9 Å². The van der Waals surface area contributed by atoms with Crippen LogP contribution in [0.4, 0.5) is 0 Å². The smallest absolute Gasteiger partial charge is 0.309 e. The fourth-order valence-electron chi connectivity index (χ4n) is 2.38. The van der Waals surface area contributed by atoms with Crippen LogP contribution < -0.4 is 4.74 Å². The van der Waals surface area contributed by atoms with Crippen LogP contribution in [0.25, 0.3) is 16.9 Å². The quantitative estimate of drug-likeness (QED) is 0.784. The molecule has 0 bridgehead atoms. The summed E-state index contributed by atoms with van der Waals surface area (Å²) in [6.45, 7) is 0. The average molecular weight is 309 g/mol. The molecule has 0 aliphatic heterocycles. The van der Waals surface area contributed by atoms with E-state index in [1.165, 1.54) is 0 Å². The van der Waals surface area contributed by atoms with Crippen LogP contribution in [0.1, 0.15) is 5.69 Å². The molecular formula is C17H15N3O3. The predicted octanol–water partition coefficient (Wildman–Crippen LogP) is 2.57. The van der Waals surface area contributed by atoms with Gasteiger partial charge in [-0.3, -0.25) is 4.79 Å². The summed E-state index contributed by atoms with van der Waals surface area (Å²) in [4.78, 5) is 11.1. The molecule has 6 heteroatoms. The Bertz CT molecular complexity index is 828. The van der Waals surface area contributed by atoms with E-state index in [9.17, 15) is 4.79 Å². The summed E-state index contributed by atoms with van der Waals surface area (Å²) in [7, 11) is 1.59. The second-order valence-corrected chi connectivity index (χ2v) is 4.93. The van der Waals surface area contributed by atoms with Crippen LogP contribution in [0.3, 0.4) is 0 Å². The van der Waals surface area contributed by atoms with Crippen molar-refractivity contribution in [1.29, 1.82) is 0 Å². The van der Waals surface area contributed by atoms with E-state index in [1.807, 2.05) is 54.6 Å². The van der Waals surface area contributed by atoms with Gasteiger partial charge in [0.1, 0.15) is 11.4 Å². The van der Waals surface area contributed by atoms with Gasteiger partial charge < -0.3 is 9.84 Å². The Morgan fingerprint density at radius 2 is 1.96 bits per heavy atom. The number of methoxy groups -OCH3 is 1. The van der Waals surface area contributed by atoms with E-state index < -0.39 is 5.97 Å². The Labute approximate surface area is 133 Å². The van der Waals surface area contributed by atoms with Crippen LogP contribution in [0.15, 0.2) is 54.6 Å². The Morgan fingerprint density at radius 3 is 2.65 bits per heavy atom. The van der Waals surface area contributed by atoms with Crippen molar-refractivity contribution in [2.45, 2.75) is 6.42 Å². The van der Waals surface area contributed by atoms with Gasteiger partial charge in [-0.1, -0.05) is 41.6 Å². The molecule has 1 aromatic heterocycles. The zero-order valence-corrected chi connectivity index (χ0v) is 12.5. The molecule has 3 rings (SSSR count). The molecular weight excluding hydrogens is 294 g/mol. The molecule has 23 heavy (non-hydrogen) atoms. The molecule has 0 radical (unpaired) electrons. The maximum Gasteiger partial charge on any atom is 0.309 e. The molecule has 0 fully saturated rings. The first-order valence-corrected chi connectivity index (χ1v) is 7.05. The monoisotopic (exact) mass is 309 g/mol. The highest BCUT2D eigenvalue weighted by Gasteiger charge is 2.18. The standard InChI is InChI=1S/C17H15N3O3/c1-23-14-9-5-8-13(10-14)20-17(12-6-3-2-4-7-12)15(18-19-20)11-16(21)22/h2-10H,11H2,1H3,(H,21,22). The lowest BCUT2D eigenvalue weighted by molar-refractivity contribution is -0.136. The summed E-state index contributed by atoms with van der Waals surface area (Å²) >= 11 is 0. The highest BCUT2D eigenvalue weighted by Crippen LogP contribution is 2.26. The van der Waals surface area contributed by atoms with Crippen LogP contribution >= 0.6 is 0 Å². The van der Waals surface area contributed by atoms with E-state index in [0.29, 0.717) is 17.1 Å². The molecule has 0 aliphatic carbocycles. The molecule has 2 aromatic carbocycles. The Kier molecular flexibility index (Phi) is 4.05. The summed E-state index contributed by atoms with van der Waals surface area (Å²) in [5.41, 5.74) is 2.71. The number of benzene rings is 2. The fraction of sp³-hybridized carbons (Fsp3) is 0.118. The number of aromatic nitrogens is 3. The molecule has 0 spiro atoms. The van der Waals surface area contributed by atoms with E-state index in [0.717, 1.165) is 11.3 Å². The van der Waals surface area contributed by atoms with Crippen LogP contribution in [0.2, 0.25) is 0 Å². The second-order valence-electron chi connectivity index (χ2n) is 4.93.